The molecule has 0 aliphatic heterocycles. The van der Waals surface area contributed by atoms with E-state index < -0.39 is 53.5 Å². The van der Waals surface area contributed by atoms with E-state index in [1.54, 1.807) is 30.3 Å². The Kier molecular flexibility index (Phi) is 8.99. The number of carbonyl (C=O) groups is 3. The third-order valence-corrected chi connectivity index (χ3v) is 5.04. The van der Waals surface area contributed by atoms with Crippen LogP contribution in [0.3, 0.4) is 0 Å². The van der Waals surface area contributed by atoms with Gasteiger partial charge in [0.25, 0.3) is 0 Å². The zero-order valence-corrected chi connectivity index (χ0v) is 18.4. The Labute approximate surface area is 193 Å². The number of aliphatic carboxylic acids is 1. The van der Waals surface area contributed by atoms with Crippen LogP contribution in [0.4, 0.5) is 28.0 Å². The fourth-order valence-corrected chi connectivity index (χ4v) is 2.94. The summed E-state index contributed by atoms with van der Waals surface area (Å²) in [6.45, 7) is 1.89. The van der Waals surface area contributed by atoms with Crippen LogP contribution in [0.2, 0.25) is 0 Å². The van der Waals surface area contributed by atoms with E-state index in [2.05, 4.69) is 5.32 Å². The zero-order chi connectivity index (χ0) is 25.5. The van der Waals surface area contributed by atoms with Crippen molar-refractivity contribution in [1.29, 1.82) is 0 Å². The van der Waals surface area contributed by atoms with E-state index in [0.717, 1.165) is 12.1 Å². The molecule has 34 heavy (non-hydrogen) atoms. The van der Waals surface area contributed by atoms with Gasteiger partial charge >= 0.3 is 18.2 Å². The first kappa shape index (κ1) is 26.6. The van der Waals surface area contributed by atoms with E-state index >= 15 is 0 Å². The molecule has 0 radical (unpaired) electrons. The number of alkyl halides is 3. The average Bonchev–Trinajstić information content (AvgIpc) is 2.77. The zero-order valence-electron chi connectivity index (χ0n) is 18.4. The third-order valence-electron chi connectivity index (χ3n) is 5.04. The summed E-state index contributed by atoms with van der Waals surface area (Å²) in [4.78, 5) is 35.8. The first-order valence-corrected chi connectivity index (χ1v) is 10.2. The van der Waals surface area contributed by atoms with Gasteiger partial charge in [-0.1, -0.05) is 50.2 Å². The summed E-state index contributed by atoms with van der Waals surface area (Å²) in [5, 5.41) is 13.0. The highest BCUT2D eigenvalue weighted by Crippen LogP contribution is 2.29. The lowest BCUT2D eigenvalue weighted by molar-refractivity contribution is -0.178. The van der Waals surface area contributed by atoms with Gasteiger partial charge in [-0.25, -0.2) is 9.18 Å². The average molecular weight is 484 g/mol. The summed E-state index contributed by atoms with van der Waals surface area (Å²) < 4.78 is 59.2. The molecule has 0 spiro atoms. The topological polar surface area (TPSA) is 105 Å². The van der Waals surface area contributed by atoms with Crippen molar-refractivity contribution in [1.82, 2.24) is 5.32 Å². The van der Waals surface area contributed by atoms with Crippen LogP contribution in [0, 0.1) is 17.7 Å². The molecule has 0 aliphatic rings. The van der Waals surface area contributed by atoms with Gasteiger partial charge in [-0.15, -0.1) is 0 Å². The van der Waals surface area contributed by atoms with Gasteiger partial charge in [-0.2, -0.15) is 13.2 Å². The van der Waals surface area contributed by atoms with Crippen molar-refractivity contribution in [2.24, 2.45) is 11.8 Å². The first-order chi connectivity index (χ1) is 15.9. The smallest absolute Gasteiger partial charge is 0.408 e. The van der Waals surface area contributed by atoms with Crippen LogP contribution < -0.4 is 10.6 Å². The number of amides is 2. The maximum atomic E-state index is 14.2. The van der Waals surface area contributed by atoms with Gasteiger partial charge in [-0.05, 0) is 29.7 Å². The number of benzene rings is 2. The van der Waals surface area contributed by atoms with E-state index in [4.69, 9.17) is 9.84 Å². The van der Waals surface area contributed by atoms with Crippen LogP contribution in [0.1, 0.15) is 25.0 Å². The maximum absolute atomic E-state index is 14.2. The summed E-state index contributed by atoms with van der Waals surface area (Å²) in [5.41, 5.74) is 0.484. The van der Waals surface area contributed by atoms with Crippen molar-refractivity contribution in [2.75, 3.05) is 5.32 Å². The van der Waals surface area contributed by atoms with Gasteiger partial charge < -0.3 is 20.5 Å². The number of rotatable bonds is 9. The molecule has 3 N–H and O–H groups in total. The number of alkyl carbamates (subject to hydrolysis) is 1. The lowest BCUT2D eigenvalue weighted by Gasteiger charge is -2.26. The summed E-state index contributed by atoms with van der Waals surface area (Å²) in [6.07, 6.45) is -6.11. The second kappa shape index (κ2) is 11.5. The van der Waals surface area contributed by atoms with Crippen LogP contribution >= 0.6 is 0 Å². The molecule has 0 aromatic heterocycles. The number of hydrogen-bond donors (Lipinski definition) is 3. The molecule has 2 rings (SSSR count). The number of carboxylic acids is 1. The maximum Gasteiger partial charge on any atom is 0.408 e. The monoisotopic (exact) mass is 484 g/mol. The number of anilines is 1. The number of ether oxygens (including phenoxy) is 1. The van der Waals surface area contributed by atoms with E-state index in [1.165, 1.54) is 13.0 Å². The second-order valence-electron chi connectivity index (χ2n) is 7.76. The molecule has 2 amide bonds. The molecule has 2 aromatic carbocycles. The van der Waals surface area contributed by atoms with E-state index in [1.807, 2.05) is 5.32 Å². The minimum Gasteiger partial charge on any atom is -0.481 e. The minimum atomic E-state index is -4.86. The van der Waals surface area contributed by atoms with Crippen LogP contribution in [-0.4, -0.2) is 35.3 Å². The molecule has 0 unspecified atom stereocenters. The van der Waals surface area contributed by atoms with Crippen molar-refractivity contribution >= 4 is 23.7 Å². The van der Waals surface area contributed by atoms with Gasteiger partial charge in [-0.3, -0.25) is 9.59 Å². The summed E-state index contributed by atoms with van der Waals surface area (Å²) in [6, 6.07) is 9.64. The van der Waals surface area contributed by atoms with E-state index in [-0.39, 0.29) is 13.0 Å². The molecule has 184 valence electrons. The van der Waals surface area contributed by atoms with Gasteiger partial charge in [0.2, 0.25) is 5.91 Å². The molecule has 11 heteroatoms. The third kappa shape index (κ3) is 7.75. The summed E-state index contributed by atoms with van der Waals surface area (Å²) in [5.74, 6) is -6.48. The van der Waals surface area contributed by atoms with Gasteiger partial charge in [0.15, 0.2) is 0 Å². The second-order valence-corrected chi connectivity index (χ2v) is 7.76. The highest BCUT2D eigenvalue weighted by molar-refractivity contribution is 5.97. The fraction of sp³-hybridized carbons (Fsp3) is 0.348. The first-order valence-electron chi connectivity index (χ1n) is 10.2. The number of carboxylic acid groups (broad SMARTS) is 1. The molecular weight excluding hydrogens is 460 g/mol. The Morgan fingerprint density at radius 3 is 2.26 bits per heavy atom. The Hall–Kier alpha value is -3.63. The molecule has 0 fully saturated rings. The van der Waals surface area contributed by atoms with E-state index in [0.29, 0.717) is 18.1 Å². The Balaban J connectivity index is 2.17. The molecule has 0 bridgehead atoms. The highest BCUT2D eigenvalue weighted by atomic mass is 19.4. The Bertz CT molecular complexity index is 1010. The van der Waals surface area contributed by atoms with Gasteiger partial charge in [0, 0.05) is 0 Å². The number of carbonyl (C=O) groups excluding carboxylic acids is 2. The molecular formula is C23H24F4N2O5. The van der Waals surface area contributed by atoms with Crippen molar-refractivity contribution in [3.05, 3.63) is 65.5 Å². The predicted octanol–water partition coefficient (Wildman–Crippen LogP) is 4.52. The molecule has 0 saturated heterocycles. The summed E-state index contributed by atoms with van der Waals surface area (Å²) >= 11 is 0. The molecule has 0 heterocycles. The standard InChI is InChI=1S/C23H24F4N2O5/c1-13(21(31)32)10-16-8-9-17(24)18(11-16)28-20(30)19(14(2)23(25,26)27)29-22(33)34-12-15-6-4-3-5-7-15/h3-9,11,13-14,19H,10,12H2,1-2H3,(H,28,30)(H,29,33)(H,31,32)/t13-,14+,19-/m0/s1. The quantitative estimate of drug-likeness (QED) is 0.454. The Morgan fingerprint density at radius 1 is 1.03 bits per heavy atom. The lowest BCUT2D eigenvalue weighted by Crippen LogP contribution is -2.52. The molecule has 3 atom stereocenters. The number of hydrogen-bond acceptors (Lipinski definition) is 4. The minimum absolute atomic E-state index is 0.00489. The van der Waals surface area contributed by atoms with Gasteiger partial charge in [0.05, 0.1) is 17.5 Å². The Morgan fingerprint density at radius 2 is 1.68 bits per heavy atom. The molecule has 0 aliphatic carbocycles. The normalized spacial score (nSPS) is 13.9. The van der Waals surface area contributed by atoms with E-state index in [9.17, 15) is 31.9 Å². The lowest BCUT2D eigenvalue weighted by atomic mass is 9.99. The van der Waals surface area contributed by atoms with Crippen LogP contribution in [0.25, 0.3) is 0 Å². The molecule has 0 saturated carbocycles. The molecule has 7 nitrogen and oxygen atoms in total. The van der Waals surface area contributed by atoms with Crippen molar-refractivity contribution < 1.29 is 41.8 Å². The van der Waals surface area contributed by atoms with Crippen molar-refractivity contribution in [3.63, 3.8) is 0 Å². The summed E-state index contributed by atoms with van der Waals surface area (Å²) in [7, 11) is 0. The van der Waals surface area contributed by atoms with Crippen LogP contribution in [0.15, 0.2) is 48.5 Å². The van der Waals surface area contributed by atoms with Crippen molar-refractivity contribution in [2.45, 2.75) is 39.1 Å². The van der Waals surface area contributed by atoms with Crippen molar-refractivity contribution in [3.8, 4) is 0 Å². The molecule has 2 aromatic rings. The SMILES string of the molecule is C[C@H]([C@H](NC(=O)OCc1ccccc1)C(=O)Nc1cc(C[C@H](C)C(=O)O)ccc1F)C(F)(F)F. The van der Waals surface area contributed by atoms with Crippen LogP contribution in [-0.2, 0) is 27.4 Å². The van der Waals surface area contributed by atoms with Gasteiger partial charge in [0.1, 0.15) is 18.5 Å². The fourth-order valence-electron chi connectivity index (χ4n) is 2.94. The van der Waals surface area contributed by atoms with Crippen LogP contribution in [0.5, 0.6) is 0 Å². The highest BCUT2D eigenvalue weighted by Gasteiger charge is 2.45. The largest absolute Gasteiger partial charge is 0.481 e. The number of halogens is 4. The number of nitrogens with one attached hydrogen (secondary N) is 2. The predicted molar refractivity (Wildman–Crippen MR) is 114 cm³/mol.